The molecule has 1 saturated heterocycles. The number of nitrogens with zero attached hydrogens (tertiary/aromatic N) is 2. The highest BCUT2D eigenvalue weighted by Gasteiger charge is 2.28. The number of nitrogens with one attached hydrogen (secondary N) is 1. The Kier molecular flexibility index (Phi) is 6.45. The molecule has 7 nitrogen and oxygen atoms in total. The number of likely N-dealkylation sites (N-methyl/N-ethyl adjacent to an activating group) is 1. The van der Waals surface area contributed by atoms with Gasteiger partial charge in [0.25, 0.3) is 0 Å². The zero-order valence-corrected chi connectivity index (χ0v) is 13.0. The number of aliphatic carboxylic acids is 1. The summed E-state index contributed by atoms with van der Waals surface area (Å²) < 4.78 is 0. The van der Waals surface area contributed by atoms with Crippen molar-refractivity contribution in [3.05, 3.63) is 0 Å². The highest BCUT2D eigenvalue weighted by atomic mass is 16.4. The molecule has 0 aromatic rings. The van der Waals surface area contributed by atoms with Crippen LogP contribution in [0, 0.1) is 5.92 Å². The summed E-state index contributed by atoms with van der Waals surface area (Å²) >= 11 is 0. The summed E-state index contributed by atoms with van der Waals surface area (Å²) in [7, 11) is 1.70. The first-order chi connectivity index (χ1) is 9.85. The third-order valence-corrected chi connectivity index (χ3v) is 3.90. The van der Waals surface area contributed by atoms with Gasteiger partial charge < -0.3 is 20.2 Å². The van der Waals surface area contributed by atoms with Gasteiger partial charge in [-0.05, 0) is 32.6 Å². The summed E-state index contributed by atoms with van der Waals surface area (Å²) in [5.74, 6) is -0.691. The lowest BCUT2D eigenvalue weighted by molar-refractivity contribution is -0.137. The highest BCUT2D eigenvalue weighted by Crippen LogP contribution is 2.21. The van der Waals surface area contributed by atoms with Crippen LogP contribution in [0.25, 0.3) is 0 Å². The fraction of sp³-hybridized carbons (Fsp3) is 0.786. The summed E-state index contributed by atoms with van der Waals surface area (Å²) in [5.41, 5.74) is 0. The van der Waals surface area contributed by atoms with Gasteiger partial charge in [0.05, 0.1) is 0 Å². The largest absolute Gasteiger partial charge is 0.481 e. The predicted molar refractivity (Wildman–Crippen MR) is 77.9 cm³/mol. The second-order valence-electron chi connectivity index (χ2n) is 5.56. The van der Waals surface area contributed by atoms with E-state index in [0.29, 0.717) is 26.1 Å². The summed E-state index contributed by atoms with van der Waals surface area (Å²) in [6, 6.07) is -0.807. The fourth-order valence-electron chi connectivity index (χ4n) is 2.40. The molecule has 1 aliphatic rings. The van der Waals surface area contributed by atoms with E-state index in [4.69, 9.17) is 5.11 Å². The number of carbonyl (C=O) groups is 3. The molecule has 0 aromatic carbocycles. The first kappa shape index (κ1) is 17.3. The number of hydrogen-bond donors (Lipinski definition) is 2. The van der Waals surface area contributed by atoms with E-state index in [0.717, 1.165) is 6.42 Å². The average Bonchev–Trinajstić information content (AvgIpc) is 2.92. The number of rotatable bonds is 6. The van der Waals surface area contributed by atoms with Gasteiger partial charge >= 0.3 is 12.0 Å². The molecule has 1 aliphatic heterocycles. The van der Waals surface area contributed by atoms with Gasteiger partial charge in [0, 0.05) is 33.1 Å². The Bertz CT molecular complexity index is 400. The Hall–Kier alpha value is -1.79. The van der Waals surface area contributed by atoms with Crippen molar-refractivity contribution in [2.24, 2.45) is 5.92 Å². The fourth-order valence-corrected chi connectivity index (χ4v) is 2.40. The molecule has 1 fully saturated rings. The van der Waals surface area contributed by atoms with Crippen molar-refractivity contribution in [1.29, 1.82) is 0 Å². The molecule has 0 radical (unpaired) electrons. The molecule has 1 rings (SSSR count). The van der Waals surface area contributed by atoms with Gasteiger partial charge in [-0.2, -0.15) is 0 Å². The maximum Gasteiger partial charge on any atom is 0.318 e. The Morgan fingerprint density at radius 2 is 2.10 bits per heavy atom. The van der Waals surface area contributed by atoms with Crippen LogP contribution in [0.1, 0.15) is 33.1 Å². The van der Waals surface area contributed by atoms with Gasteiger partial charge in [-0.15, -0.1) is 0 Å². The molecule has 1 heterocycles. The molecule has 0 bridgehead atoms. The van der Waals surface area contributed by atoms with Crippen molar-refractivity contribution in [2.75, 3.05) is 26.7 Å². The minimum absolute atomic E-state index is 0.118. The molecule has 0 aliphatic carbocycles. The normalized spacial score (nSPS) is 19.2. The monoisotopic (exact) mass is 299 g/mol. The first-order valence-corrected chi connectivity index (χ1v) is 7.37. The number of amides is 3. The molecule has 2 unspecified atom stereocenters. The van der Waals surface area contributed by atoms with Crippen molar-refractivity contribution in [2.45, 2.75) is 39.2 Å². The molecule has 2 N–H and O–H groups in total. The summed E-state index contributed by atoms with van der Waals surface area (Å²) in [4.78, 5) is 37.7. The second-order valence-corrected chi connectivity index (χ2v) is 5.56. The lowest BCUT2D eigenvalue weighted by Gasteiger charge is -2.23. The van der Waals surface area contributed by atoms with E-state index in [2.05, 4.69) is 5.32 Å². The van der Waals surface area contributed by atoms with Crippen molar-refractivity contribution < 1.29 is 19.5 Å². The minimum atomic E-state index is -0.806. The van der Waals surface area contributed by atoms with E-state index in [1.165, 1.54) is 0 Å². The van der Waals surface area contributed by atoms with Gasteiger partial charge in [-0.25, -0.2) is 4.79 Å². The lowest BCUT2D eigenvalue weighted by atomic mass is 10.0. The smallest absolute Gasteiger partial charge is 0.318 e. The number of carboxylic acid groups (broad SMARTS) is 1. The maximum atomic E-state index is 12.1. The first-order valence-electron chi connectivity index (χ1n) is 7.37. The Labute approximate surface area is 125 Å². The summed E-state index contributed by atoms with van der Waals surface area (Å²) in [6.07, 6.45) is 1.54. The van der Waals surface area contributed by atoms with Crippen molar-refractivity contribution in [1.82, 2.24) is 15.1 Å². The highest BCUT2D eigenvalue weighted by molar-refractivity contribution is 5.86. The van der Waals surface area contributed by atoms with Gasteiger partial charge in [-0.3, -0.25) is 9.59 Å². The molecule has 120 valence electrons. The van der Waals surface area contributed by atoms with E-state index in [1.54, 1.807) is 23.8 Å². The van der Waals surface area contributed by atoms with Gasteiger partial charge in [0.15, 0.2) is 0 Å². The number of urea groups is 1. The van der Waals surface area contributed by atoms with Crippen LogP contribution in [0.2, 0.25) is 0 Å². The quantitative estimate of drug-likeness (QED) is 0.757. The van der Waals surface area contributed by atoms with E-state index in [-0.39, 0.29) is 24.3 Å². The van der Waals surface area contributed by atoms with E-state index < -0.39 is 12.0 Å². The number of carbonyl (C=O) groups excluding carboxylic acids is 2. The third kappa shape index (κ3) is 5.24. The van der Waals surface area contributed by atoms with Crippen LogP contribution in [0.4, 0.5) is 4.79 Å². The van der Waals surface area contributed by atoms with Crippen LogP contribution in [0.3, 0.4) is 0 Å². The van der Waals surface area contributed by atoms with Crippen LogP contribution >= 0.6 is 0 Å². The predicted octanol–water partition coefficient (Wildman–Crippen LogP) is 0.750. The minimum Gasteiger partial charge on any atom is -0.481 e. The average molecular weight is 299 g/mol. The van der Waals surface area contributed by atoms with Crippen LogP contribution in [0.15, 0.2) is 0 Å². The van der Waals surface area contributed by atoms with Crippen molar-refractivity contribution in [3.63, 3.8) is 0 Å². The summed E-state index contributed by atoms with van der Waals surface area (Å²) in [6.45, 7) is 5.31. The zero-order chi connectivity index (χ0) is 16.0. The molecule has 21 heavy (non-hydrogen) atoms. The third-order valence-electron chi connectivity index (χ3n) is 3.90. The molecule has 3 amide bonds. The number of hydrogen-bond acceptors (Lipinski definition) is 3. The molecular formula is C14H25N3O4. The zero-order valence-electron chi connectivity index (χ0n) is 13.0. The van der Waals surface area contributed by atoms with Crippen LogP contribution in [-0.4, -0.2) is 65.5 Å². The number of carboxylic acids is 1. The van der Waals surface area contributed by atoms with Gasteiger partial charge in [0.2, 0.25) is 5.91 Å². The maximum absolute atomic E-state index is 12.1. The van der Waals surface area contributed by atoms with Crippen LogP contribution in [-0.2, 0) is 9.59 Å². The molecule has 0 aromatic heterocycles. The van der Waals surface area contributed by atoms with Crippen LogP contribution in [0.5, 0.6) is 0 Å². The molecule has 0 spiro atoms. The lowest BCUT2D eigenvalue weighted by Crippen LogP contribution is -2.49. The molecule has 7 heteroatoms. The Morgan fingerprint density at radius 3 is 2.67 bits per heavy atom. The molecule has 2 atom stereocenters. The van der Waals surface area contributed by atoms with Crippen molar-refractivity contribution in [3.8, 4) is 0 Å². The Morgan fingerprint density at radius 1 is 1.43 bits per heavy atom. The SMILES string of the molecule is CCN(C)C(=O)C(C)NC(=O)N1CCC(CCC(=O)O)C1. The standard InChI is InChI=1S/C14H25N3O4/c1-4-16(3)13(20)10(2)15-14(21)17-8-7-11(9-17)5-6-12(18)19/h10-11H,4-9H2,1-3H3,(H,15,21)(H,18,19). The second kappa shape index (κ2) is 7.85. The molecular weight excluding hydrogens is 274 g/mol. The van der Waals surface area contributed by atoms with Crippen molar-refractivity contribution >= 4 is 17.9 Å². The Balaban J connectivity index is 2.39. The van der Waals surface area contributed by atoms with Gasteiger partial charge in [0.1, 0.15) is 6.04 Å². The van der Waals surface area contributed by atoms with E-state index in [9.17, 15) is 14.4 Å². The van der Waals surface area contributed by atoms with E-state index in [1.807, 2.05) is 6.92 Å². The molecule has 0 saturated carbocycles. The van der Waals surface area contributed by atoms with E-state index >= 15 is 0 Å². The summed E-state index contributed by atoms with van der Waals surface area (Å²) in [5, 5.41) is 11.4. The number of likely N-dealkylation sites (tertiary alicyclic amines) is 1. The van der Waals surface area contributed by atoms with Gasteiger partial charge in [-0.1, -0.05) is 0 Å². The topological polar surface area (TPSA) is 90.0 Å². The van der Waals surface area contributed by atoms with Crippen LogP contribution < -0.4 is 5.32 Å².